The van der Waals surface area contributed by atoms with Crippen molar-refractivity contribution in [1.29, 1.82) is 0 Å². The van der Waals surface area contributed by atoms with Gasteiger partial charge < -0.3 is 20.4 Å². The molecule has 0 fully saturated rings. The van der Waals surface area contributed by atoms with Crippen molar-refractivity contribution in [3.05, 3.63) is 65.9 Å². The van der Waals surface area contributed by atoms with Crippen LogP contribution in [-0.2, 0) is 4.79 Å². The van der Waals surface area contributed by atoms with Crippen LogP contribution in [0.1, 0.15) is 18.7 Å². The van der Waals surface area contributed by atoms with Gasteiger partial charge in [0.05, 0.1) is 18.4 Å². The predicted molar refractivity (Wildman–Crippen MR) is 96.9 cm³/mol. The minimum Gasteiger partial charge on any atom is -0.495 e. The number of benzene rings is 1. The highest BCUT2D eigenvalue weighted by Gasteiger charge is 2.34. The van der Waals surface area contributed by atoms with Crippen LogP contribution in [-0.4, -0.2) is 32.8 Å². The zero-order chi connectivity index (χ0) is 18.1. The topological polar surface area (TPSA) is 96.9 Å². The van der Waals surface area contributed by atoms with E-state index in [0.29, 0.717) is 23.0 Å². The Morgan fingerprint density at radius 2 is 2.12 bits per heavy atom. The Hall–Kier alpha value is -3.55. The number of amides is 1. The van der Waals surface area contributed by atoms with E-state index in [1.54, 1.807) is 23.9 Å². The van der Waals surface area contributed by atoms with Crippen molar-refractivity contribution in [3.8, 4) is 5.75 Å². The first-order valence-electron chi connectivity index (χ1n) is 8.14. The van der Waals surface area contributed by atoms with Gasteiger partial charge in [0.25, 0.3) is 5.91 Å². The molecule has 1 amide bonds. The number of nitrogens with zero attached hydrogens (tertiary/aromatic N) is 3. The Balaban J connectivity index is 1.74. The maximum absolute atomic E-state index is 13.1. The van der Waals surface area contributed by atoms with E-state index in [2.05, 4.69) is 25.7 Å². The van der Waals surface area contributed by atoms with Crippen LogP contribution >= 0.6 is 0 Å². The normalized spacial score (nSPS) is 16.0. The van der Waals surface area contributed by atoms with Gasteiger partial charge in [-0.3, -0.25) is 4.79 Å². The molecule has 8 nitrogen and oxygen atoms in total. The van der Waals surface area contributed by atoms with E-state index in [9.17, 15) is 4.79 Å². The molecule has 0 aliphatic carbocycles. The van der Waals surface area contributed by atoms with E-state index in [4.69, 9.17) is 4.74 Å². The Morgan fingerprint density at radius 3 is 2.88 bits per heavy atom. The molecule has 2 aromatic heterocycles. The van der Waals surface area contributed by atoms with E-state index in [1.807, 2.05) is 37.4 Å². The lowest BCUT2D eigenvalue weighted by atomic mass is 9.99. The molecule has 3 N–H and O–H groups in total. The summed E-state index contributed by atoms with van der Waals surface area (Å²) in [6, 6.07) is 10.7. The van der Waals surface area contributed by atoms with Crippen molar-refractivity contribution in [2.75, 3.05) is 17.7 Å². The van der Waals surface area contributed by atoms with Crippen molar-refractivity contribution in [1.82, 2.24) is 19.7 Å². The number of nitrogens with one attached hydrogen (secondary N) is 3. The number of carbonyl (C=O) groups excluding carboxylic acids is 1. The Labute approximate surface area is 149 Å². The Bertz CT molecular complexity index is 973. The lowest BCUT2D eigenvalue weighted by Crippen LogP contribution is -2.31. The fourth-order valence-corrected chi connectivity index (χ4v) is 3.12. The second-order valence-electron chi connectivity index (χ2n) is 5.87. The van der Waals surface area contributed by atoms with Gasteiger partial charge in [-0.15, -0.1) is 0 Å². The number of methoxy groups -OCH3 is 1. The second-order valence-corrected chi connectivity index (χ2v) is 5.87. The number of allylic oxidation sites excluding steroid dienone is 1. The number of rotatable bonds is 4. The molecule has 0 saturated heterocycles. The lowest BCUT2D eigenvalue weighted by molar-refractivity contribution is -0.113. The summed E-state index contributed by atoms with van der Waals surface area (Å²) < 4.78 is 7.01. The molecular formula is C18H18N6O2. The van der Waals surface area contributed by atoms with Crippen molar-refractivity contribution in [2.24, 2.45) is 0 Å². The van der Waals surface area contributed by atoms with Gasteiger partial charge in [-0.2, -0.15) is 10.1 Å². The average molecular weight is 350 g/mol. The van der Waals surface area contributed by atoms with Crippen LogP contribution in [0.2, 0.25) is 0 Å². The van der Waals surface area contributed by atoms with E-state index in [1.165, 1.54) is 6.33 Å². The molecule has 1 aliphatic heterocycles. The zero-order valence-electron chi connectivity index (χ0n) is 14.4. The number of hydrogen-bond donors (Lipinski definition) is 3. The molecule has 3 aromatic rings. The maximum atomic E-state index is 13.1. The first kappa shape index (κ1) is 15.9. The first-order valence-corrected chi connectivity index (χ1v) is 8.14. The zero-order valence-corrected chi connectivity index (χ0v) is 14.4. The lowest BCUT2D eigenvalue weighted by Gasteiger charge is -2.28. The van der Waals surface area contributed by atoms with Crippen LogP contribution in [0.15, 0.2) is 60.2 Å². The third-order valence-electron chi connectivity index (χ3n) is 4.31. The minimum absolute atomic E-state index is 0.236. The number of anilines is 2. The Kier molecular flexibility index (Phi) is 3.92. The van der Waals surface area contributed by atoms with Gasteiger partial charge in [-0.1, -0.05) is 12.1 Å². The van der Waals surface area contributed by atoms with Crippen LogP contribution in [0, 0.1) is 0 Å². The Morgan fingerprint density at radius 1 is 1.27 bits per heavy atom. The van der Waals surface area contributed by atoms with Gasteiger partial charge >= 0.3 is 0 Å². The van der Waals surface area contributed by atoms with Crippen LogP contribution in [0.3, 0.4) is 0 Å². The second kappa shape index (κ2) is 6.40. The summed E-state index contributed by atoms with van der Waals surface area (Å²) in [4.78, 5) is 20.5. The number of ether oxygens (including phenoxy) is 1. The molecule has 8 heteroatoms. The molecule has 0 unspecified atom stereocenters. The van der Waals surface area contributed by atoms with E-state index >= 15 is 0 Å². The molecule has 132 valence electrons. The van der Waals surface area contributed by atoms with Crippen molar-refractivity contribution < 1.29 is 9.53 Å². The number of H-pyrrole nitrogens is 1. The molecule has 1 aliphatic rings. The minimum atomic E-state index is -0.404. The molecule has 0 radical (unpaired) electrons. The summed E-state index contributed by atoms with van der Waals surface area (Å²) in [5.41, 5.74) is 2.73. The third kappa shape index (κ3) is 2.61. The summed E-state index contributed by atoms with van der Waals surface area (Å²) in [5.74, 6) is 0.955. The maximum Gasteiger partial charge on any atom is 0.256 e. The molecule has 1 aromatic carbocycles. The van der Waals surface area contributed by atoms with Crippen LogP contribution in [0.5, 0.6) is 5.75 Å². The van der Waals surface area contributed by atoms with Crippen molar-refractivity contribution >= 4 is 17.5 Å². The van der Waals surface area contributed by atoms with E-state index in [-0.39, 0.29) is 5.91 Å². The van der Waals surface area contributed by atoms with Crippen molar-refractivity contribution in [2.45, 2.75) is 13.0 Å². The molecule has 4 rings (SSSR count). The average Bonchev–Trinajstić information content (AvgIpc) is 3.32. The van der Waals surface area contributed by atoms with Gasteiger partial charge in [-0.25, -0.2) is 4.68 Å². The van der Waals surface area contributed by atoms with Gasteiger partial charge in [0.2, 0.25) is 5.95 Å². The highest BCUT2D eigenvalue weighted by Crippen LogP contribution is 2.35. The summed E-state index contributed by atoms with van der Waals surface area (Å²) in [6.07, 6.45) is 3.28. The molecule has 26 heavy (non-hydrogen) atoms. The standard InChI is InChI=1S/C18H18N6O2/c1-11-15(17(25)23-12-6-3-4-8-14(12)26-2)16(13-7-5-9-19-13)24-18(22-11)20-10-21-24/h3-10,16,19H,1-2H3,(H,23,25)(H,20,21,22)/t16-/m0/s1. The number of fused-ring (bicyclic) bond motifs is 1. The fourth-order valence-electron chi connectivity index (χ4n) is 3.12. The smallest absolute Gasteiger partial charge is 0.256 e. The number of aromatic nitrogens is 4. The molecule has 3 heterocycles. The molecule has 0 spiro atoms. The third-order valence-corrected chi connectivity index (χ3v) is 4.31. The number of carbonyl (C=O) groups is 1. The molecule has 0 bridgehead atoms. The number of para-hydroxylation sites is 2. The molecular weight excluding hydrogens is 332 g/mol. The van der Waals surface area contributed by atoms with Gasteiger partial charge in [0, 0.05) is 17.6 Å². The van der Waals surface area contributed by atoms with Crippen molar-refractivity contribution in [3.63, 3.8) is 0 Å². The summed E-state index contributed by atoms with van der Waals surface area (Å²) in [7, 11) is 1.57. The summed E-state index contributed by atoms with van der Waals surface area (Å²) >= 11 is 0. The fraction of sp³-hybridized carbons (Fsp3) is 0.167. The largest absolute Gasteiger partial charge is 0.495 e. The highest BCUT2D eigenvalue weighted by molar-refractivity contribution is 6.06. The van der Waals surface area contributed by atoms with Crippen LogP contribution < -0.4 is 15.4 Å². The first-order chi connectivity index (χ1) is 12.7. The van der Waals surface area contributed by atoms with Gasteiger partial charge in [-0.05, 0) is 31.2 Å². The van der Waals surface area contributed by atoms with Gasteiger partial charge in [0.15, 0.2) is 0 Å². The highest BCUT2D eigenvalue weighted by atomic mass is 16.5. The monoisotopic (exact) mass is 350 g/mol. The summed E-state index contributed by atoms with van der Waals surface area (Å²) in [6.45, 7) is 1.85. The quantitative estimate of drug-likeness (QED) is 0.672. The predicted octanol–water partition coefficient (Wildman–Crippen LogP) is 2.54. The molecule has 1 atom stereocenters. The molecule has 0 saturated carbocycles. The SMILES string of the molecule is COc1ccccc1NC(=O)C1=C(C)Nc2ncnn2[C@H]1c1ccc[nH]1. The number of hydrogen-bond acceptors (Lipinski definition) is 5. The van der Waals surface area contributed by atoms with Crippen LogP contribution in [0.4, 0.5) is 11.6 Å². The summed E-state index contributed by atoms with van der Waals surface area (Å²) in [5, 5.41) is 10.4. The van der Waals surface area contributed by atoms with Crippen LogP contribution in [0.25, 0.3) is 0 Å². The number of aromatic amines is 1. The van der Waals surface area contributed by atoms with E-state index < -0.39 is 6.04 Å². The van der Waals surface area contributed by atoms with Gasteiger partial charge in [0.1, 0.15) is 18.1 Å². The van der Waals surface area contributed by atoms with E-state index in [0.717, 1.165) is 11.4 Å².